The minimum atomic E-state index is -0.281. The zero-order valence-corrected chi connectivity index (χ0v) is 11.2. The molecule has 1 aliphatic rings. The Morgan fingerprint density at radius 1 is 1.50 bits per heavy atom. The van der Waals surface area contributed by atoms with Crippen LogP contribution in [0.25, 0.3) is 0 Å². The Hall–Kier alpha value is -1.39. The molecular weight excluding hydrogens is 270 g/mol. The summed E-state index contributed by atoms with van der Waals surface area (Å²) in [7, 11) is 0. The Bertz CT molecular complexity index is 623. The molecule has 3 rings (SSSR count). The fourth-order valence-electron chi connectivity index (χ4n) is 1.99. The van der Waals surface area contributed by atoms with Gasteiger partial charge in [0.2, 0.25) is 0 Å². The van der Waals surface area contributed by atoms with Crippen LogP contribution in [0.5, 0.6) is 5.75 Å². The molecule has 1 aliphatic heterocycles. The number of nitrogens with zero attached hydrogens (tertiary/aromatic N) is 1. The number of ether oxygens (including phenoxy) is 1. The number of thiazole rings is 1. The van der Waals surface area contributed by atoms with Crippen molar-refractivity contribution >= 4 is 28.7 Å². The number of hydrogen-bond acceptors (Lipinski definition) is 4. The predicted octanol–water partition coefficient (Wildman–Crippen LogP) is 3.81. The van der Waals surface area contributed by atoms with Crippen LogP contribution in [-0.4, -0.2) is 10.8 Å². The molecule has 1 unspecified atom stereocenters. The topological polar surface area (TPSA) is 39.2 Å². The fourth-order valence-corrected chi connectivity index (χ4v) is 2.82. The lowest BCUT2D eigenvalue weighted by atomic mass is 9.99. The summed E-state index contributed by atoms with van der Waals surface area (Å²) >= 11 is 7.44. The summed E-state index contributed by atoms with van der Waals surface area (Å²) in [6.45, 7) is 1.94. The van der Waals surface area contributed by atoms with Gasteiger partial charge >= 0.3 is 0 Å². The maximum absolute atomic E-state index is 12.1. The number of ketones is 1. The number of carbonyl (C=O) groups is 1. The summed E-state index contributed by atoms with van der Waals surface area (Å²) in [4.78, 5) is 16.4. The van der Waals surface area contributed by atoms with Gasteiger partial charge in [-0.3, -0.25) is 4.79 Å². The molecule has 0 fully saturated rings. The fraction of sp³-hybridized carbons (Fsp3) is 0.231. The van der Waals surface area contributed by atoms with E-state index in [1.807, 2.05) is 12.3 Å². The molecule has 0 spiro atoms. The highest BCUT2D eigenvalue weighted by Crippen LogP contribution is 2.36. The van der Waals surface area contributed by atoms with Crippen LogP contribution in [0.1, 0.15) is 33.6 Å². The molecule has 2 heterocycles. The van der Waals surface area contributed by atoms with E-state index in [-0.39, 0.29) is 11.9 Å². The number of halogens is 1. The zero-order valence-electron chi connectivity index (χ0n) is 9.64. The highest BCUT2D eigenvalue weighted by atomic mass is 35.5. The van der Waals surface area contributed by atoms with Crippen molar-refractivity contribution in [3.63, 3.8) is 0 Å². The highest BCUT2D eigenvalue weighted by molar-refractivity contribution is 7.09. The normalized spacial score (nSPS) is 18.3. The first-order valence-corrected chi connectivity index (χ1v) is 6.80. The SMILES string of the molecule is Cc1nc(C2CC(=O)c3cc(Cl)ccc3O2)cs1. The van der Waals surface area contributed by atoms with E-state index in [1.54, 1.807) is 29.5 Å². The molecule has 1 atom stereocenters. The van der Waals surface area contributed by atoms with Gasteiger partial charge in [0, 0.05) is 10.4 Å². The molecule has 0 aliphatic carbocycles. The lowest BCUT2D eigenvalue weighted by molar-refractivity contribution is 0.0845. The molecule has 2 aromatic rings. The summed E-state index contributed by atoms with van der Waals surface area (Å²) in [5.41, 5.74) is 1.39. The van der Waals surface area contributed by atoms with E-state index in [0.717, 1.165) is 10.7 Å². The minimum Gasteiger partial charge on any atom is -0.483 e. The van der Waals surface area contributed by atoms with Crippen molar-refractivity contribution in [3.8, 4) is 5.75 Å². The smallest absolute Gasteiger partial charge is 0.170 e. The van der Waals surface area contributed by atoms with Gasteiger partial charge in [0.15, 0.2) is 5.78 Å². The average Bonchev–Trinajstić information content (AvgIpc) is 2.77. The van der Waals surface area contributed by atoms with Crippen LogP contribution in [0.15, 0.2) is 23.6 Å². The van der Waals surface area contributed by atoms with Crippen LogP contribution < -0.4 is 4.74 Å². The molecule has 92 valence electrons. The molecule has 0 saturated carbocycles. The van der Waals surface area contributed by atoms with E-state index in [1.165, 1.54) is 0 Å². The van der Waals surface area contributed by atoms with E-state index in [2.05, 4.69) is 4.98 Å². The van der Waals surface area contributed by atoms with Crippen LogP contribution in [0.2, 0.25) is 5.02 Å². The Kier molecular flexibility index (Phi) is 2.84. The lowest BCUT2D eigenvalue weighted by Crippen LogP contribution is -2.20. The Morgan fingerprint density at radius 2 is 2.33 bits per heavy atom. The number of benzene rings is 1. The average molecular weight is 280 g/mol. The summed E-state index contributed by atoms with van der Waals surface area (Å²) in [5.74, 6) is 0.640. The first-order valence-electron chi connectivity index (χ1n) is 5.55. The van der Waals surface area contributed by atoms with Crippen LogP contribution in [0.3, 0.4) is 0 Å². The Labute approximate surface area is 113 Å². The minimum absolute atomic E-state index is 0.0504. The number of Topliss-reactive ketones (excluding diaryl/α,β-unsaturated/α-hetero) is 1. The summed E-state index contributed by atoms with van der Waals surface area (Å²) in [6.07, 6.45) is 0.0346. The van der Waals surface area contributed by atoms with Crippen LogP contribution in [0.4, 0.5) is 0 Å². The van der Waals surface area contributed by atoms with Crippen LogP contribution >= 0.6 is 22.9 Å². The van der Waals surface area contributed by atoms with Crippen molar-refractivity contribution in [2.24, 2.45) is 0 Å². The number of carbonyl (C=O) groups excluding carboxylic acids is 1. The molecule has 3 nitrogen and oxygen atoms in total. The van der Waals surface area contributed by atoms with Crippen molar-refractivity contribution in [3.05, 3.63) is 44.9 Å². The van der Waals surface area contributed by atoms with E-state index < -0.39 is 0 Å². The van der Waals surface area contributed by atoms with E-state index in [9.17, 15) is 4.79 Å². The van der Waals surface area contributed by atoms with E-state index in [0.29, 0.717) is 22.8 Å². The monoisotopic (exact) mass is 279 g/mol. The number of aryl methyl sites for hydroxylation is 1. The quantitative estimate of drug-likeness (QED) is 0.797. The number of aromatic nitrogens is 1. The van der Waals surface area contributed by atoms with Gasteiger partial charge < -0.3 is 4.74 Å². The van der Waals surface area contributed by atoms with Crippen molar-refractivity contribution in [1.82, 2.24) is 4.98 Å². The largest absolute Gasteiger partial charge is 0.483 e. The summed E-state index contributed by atoms with van der Waals surface area (Å²) in [5, 5.41) is 3.46. The molecule has 0 amide bonds. The number of fused-ring (bicyclic) bond motifs is 1. The molecule has 0 radical (unpaired) electrons. The van der Waals surface area contributed by atoms with E-state index >= 15 is 0 Å². The van der Waals surface area contributed by atoms with Gasteiger partial charge in [0.05, 0.1) is 22.7 Å². The number of hydrogen-bond donors (Lipinski definition) is 0. The first-order chi connectivity index (χ1) is 8.63. The lowest BCUT2D eigenvalue weighted by Gasteiger charge is -2.24. The molecule has 0 bridgehead atoms. The second-order valence-electron chi connectivity index (χ2n) is 4.17. The number of rotatable bonds is 1. The zero-order chi connectivity index (χ0) is 12.7. The molecule has 1 aromatic heterocycles. The standard InChI is InChI=1S/C13H10ClNO2S/c1-7-15-10(6-18-7)13-5-11(16)9-4-8(14)2-3-12(9)17-13/h2-4,6,13H,5H2,1H3. The molecular formula is C13H10ClNO2S. The van der Waals surface area contributed by atoms with Gasteiger partial charge in [-0.2, -0.15) is 0 Å². The third-order valence-electron chi connectivity index (χ3n) is 2.85. The molecule has 0 saturated heterocycles. The Morgan fingerprint density at radius 3 is 3.06 bits per heavy atom. The van der Waals surface area contributed by atoms with Crippen molar-refractivity contribution in [1.29, 1.82) is 0 Å². The maximum Gasteiger partial charge on any atom is 0.170 e. The van der Waals surface area contributed by atoms with Crippen LogP contribution in [-0.2, 0) is 0 Å². The summed E-state index contributed by atoms with van der Waals surface area (Å²) < 4.78 is 5.82. The van der Waals surface area contributed by atoms with Crippen molar-refractivity contribution in [2.75, 3.05) is 0 Å². The van der Waals surface area contributed by atoms with E-state index in [4.69, 9.17) is 16.3 Å². The van der Waals surface area contributed by atoms with Gasteiger partial charge in [-0.05, 0) is 25.1 Å². The molecule has 1 aromatic carbocycles. The molecule has 5 heteroatoms. The highest BCUT2D eigenvalue weighted by Gasteiger charge is 2.29. The van der Waals surface area contributed by atoms with Crippen LogP contribution in [0, 0.1) is 6.92 Å². The predicted molar refractivity (Wildman–Crippen MR) is 70.6 cm³/mol. The molecule has 0 N–H and O–H groups in total. The van der Waals surface area contributed by atoms with Gasteiger partial charge in [0.25, 0.3) is 0 Å². The third-order valence-corrected chi connectivity index (χ3v) is 3.88. The second kappa shape index (κ2) is 4.37. The summed E-state index contributed by atoms with van der Waals surface area (Å²) in [6, 6.07) is 5.12. The van der Waals surface area contributed by atoms with Gasteiger partial charge in [-0.25, -0.2) is 4.98 Å². The first kappa shape index (κ1) is 11.7. The maximum atomic E-state index is 12.1. The second-order valence-corrected chi connectivity index (χ2v) is 5.66. The Balaban J connectivity index is 1.96. The van der Waals surface area contributed by atoms with Gasteiger partial charge in [-0.1, -0.05) is 11.6 Å². The van der Waals surface area contributed by atoms with Gasteiger partial charge in [-0.15, -0.1) is 11.3 Å². The van der Waals surface area contributed by atoms with Crippen molar-refractivity contribution in [2.45, 2.75) is 19.4 Å². The van der Waals surface area contributed by atoms with Gasteiger partial charge in [0.1, 0.15) is 11.9 Å². The third kappa shape index (κ3) is 2.02. The van der Waals surface area contributed by atoms with Crippen molar-refractivity contribution < 1.29 is 9.53 Å². The molecule has 18 heavy (non-hydrogen) atoms.